The van der Waals surface area contributed by atoms with Crippen molar-refractivity contribution in [2.45, 2.75) is 218 Å². The first kappa shape index (κ1) is 42.5. The summed E-state index contributed by atoms with van der Waals surface area (Å²) in [5.74, 6) is -0.370. The molecule has 0 aromatic rings. The van der Waals surface area contributed by atoms with Gasteiger partial charge in [0.15, 0.2) is 12.2 Å². The van der Waals surface area contributed by atoms with Crippen LogP contribution in [-0.2, 0) is 28.5 Å². The fourth-order valence-corrected chi connectivity index (χ4v) is 6.77. The van der Waals surface area contributed by atoms with E-state index in [1.807, 2.05) is 0 Å². The third kappa shape index (κ3) is 21.4. The van der Waals surface area contributed by atoms with Gasteiger partial charge in [-0.3, -0.25) is 9.59 Å². The first-order chi connectivity index (χ1) is 23.7. The molecule has 6 heteroatoms. The van der Waals surface area contributed by atoms with Crippen molar-refractivity contribution in [1.82, 2.24) is 0 Å². The summed E-state index contributed by atoms with van der Waals surface area (Å²) in [6.45, 7) is 5.13. The average Bonchev–Trinajstić information content (AvgIpc) is 3.67. The van der Waals surface area contributed by atoms with Gasteiger partial charge in [-0.2, -0.15) is 0 Å². The van der Waals surface area contributed by atoms with Crippen molar-refractivity contribution in [2.75, 3.05) is 13.2 Å². The van der Waals surface area contributed by atoms with Crippen LogP contribution in [0.15, 0.2) is 24.3 Å². The minimum absolute atomic E-state index is 0.185. The topological polar surface area (TPSA) is 71.1 Å². The minimum Gasteiger partial charge on any atom is -0.457 e. The van der Waals surface area contributed by atoms with Crippen LogP contribution in [-0.4, -0.2) is 49.6 Å². The van der Waals surface area contributed by atoms with Gasteiger partial charge in [0.25, 0.3) is 0 Å². The summed E-state index contributed by atoms with van der Waals surface area (Å²) in [5, 5.41) is 0. The Hall–Kier alpha value is -1.66. The van der Waals surface area contributed by atoms with Crippen molar-refractivity contribution < 1.29 is 28.5 Å². The van der Waals surface area contributed by atoms with Crippen LogP contribution >= 0.6 is 0 Å². The number of rotatable bonds is 32. The average molecular weight is 675 g/mol. The van der Waals surface area contributed by atoms with Crippen LogP contribution in [0.1, 0.15) is 194 Å². The molecule has 0 unspecified atom stereocenters. The highest BCUT2D eigenvalue weighted by Gasteiger charge is 2.51. The monoisotopic (exact) mass is 675 g/mol. The first-order valence-corrected chi connectivity index (χ1v) is 20.6. The number of esters is 2. The molecule has 48 heavy (non-hydrogen) atoms. The molecule has 0 saturated carbocycles. The van der Waals surface area contributed by atoms with E-state index in [0.29, 0.717) is 26.1 Å². The molecule has 0 aromatic heterocycles. The van der Waals surface area contributed by atoms with Crippen LogP contribution in [0.2, 0.25) is 0 Å². The van der Waals surface area contributed by atoms with E-state index >= 15 is 0 Å². The maximum Gasteiger partial charge on any atom is 0.306 e. The Morgan fingerprint density at radius 3 is 1.08 bits per heavy atom. The Morgan fingerprint density at radius 1 is 0.458 bits per heavy atom. The Bertz CT molecular complexity index is 770. The van der Waals surface area contributed by atoms with E-state index in [1.165, 1.54) is 116 Å². The molecule has 0 spiro atoms. The lowest BCUT2D eigenvalue weighted by molar-refractivity contribution is -0.155. The lowest BCUT2D eigenvalue weighted by atomic mass is 10.1. The highest BCUT2D eigenvalue weighted by molar-refractivity contribution is 5.70. The quantitative estimate of drug-likeness (QED) is 0.0402. The van der Waals surface area contributed by atoms with Gasteiger partial charge in [0, 0.05) is 12.8 Å². The van der Waals surface area contributed by atoms with E-state index in [2.05, 4.69) is 38.2 Å². The Morgan fingerprint density at radius 2 is 0.750 bits per heavy atom. The molecule has 2 aliphatic rings. The fourth-order valence-electron chi connectivity index (χ4n) is 6.77. The molecule has 2 aliphatic heterocycles. The number of allylic oxidation sites excluding steroid dienone is 4. The van der Waals surface area contributed by atoms with E-state index in [1.54, 1.807) is 0 Å². The van der Waals surface area contributed by atoms with Crippen LogP contribution < -0.4 is 0 Å². The van der Waals surface area contributed by atoms with Gasteiger partial charge < -0.3 is 18.9 Å². The second-order valence-electron chi connectivity index (χ2n) is 14.3. The summed E-state index contributed by atoms with van der Waals surface area (Å²) < 4.78 is 23.2. The van der Waals surface area contributed by atoms with Crippen molar-refractivity contribution >= 4 is 11.9 Å². The summed E-state index contributed by atoms with van der Waals surface area (Å²) >= 11 is 0. The van der Waals surface area contributed by atoms with Crippen LogP contribution in [0.5, 0.6) is 0 Å². The molecule has 0 aliphatic carbocycles. The van der Waals surface area contributed by atoms with Crippen LogP contribution in [0.3, 0.4) is 0 Å². The van der Waals surface area contributed by atoms with Crippen LogP contribution in [0.25, 0.3) is 0 Å². The molecular weight excluding hydrogens is 600 g/mol. The molecule has 2 rings (SSSR count). The molecule has 2 fully saturated rings. The second-order valence-corrected chi connectivity index (χ2v) is 14.3. The number of hydrogen-bond acceptors (Lipinski definition) is 6. The van der Waals surface area contributed by atoms with Crippen LogP contribution in [0, 0.1) is 0 Å². The lowest BCUT2D eigenvalue weighted by Gasteiger charge is -2.17. The molecule has 6 nitrogen and oxygen atoms in total. The maximum absolute atomic E-state index is 12.5. The van der Waals surface area contributed by atoms with Gasteiger partial charge in [-0.15, -0.1) is 0 Å². The number of carbonyl (C=O) groups is 2. The second kappa shape index (κ2) is 30.2. The third-order valence-electron chi connectivity index (χ3n) is 9.81. The number of carbonyl (C=O) groups excluding carboxylic acids is 2. The Kier molecular flexibility index (Phi) is 26.7. The van der Waals surface area contributed by atoms with E-state index < -0.39 is 12.2 Å². The Labute approximate surface area is 295 Å². The summed E-state index contributed by atoms with van der Waals surface area (Å²) in [5.41, 5.74) is 0. The van der Waals surface area contributed by atoms with Gasteiger partial charge in [-0.05, 0) is 64.2 Å². The molecule has 278 valence electrons. The van der Waals surface area contributed by atoms with Gasteiger partial charge in [0.2, 0.25) is 0 Å². The van der Waals surface area contributed by atoms with E-state index in [0.717, 1.165) is 51.4 Å². The number of unbranched alkanes of at least 4 members (excludes halogenated alkanes) is 22. The first-order valence-electron chi connectivity index (χ1n) is 20.6. The number of fused-ring (bicyclic) bond motifs is 1. The molecule has 0 N–H and O–H groups in total. The summed E-state index contributed by atoms with van der Waals surface area (Å²) in [7, 11) is 0. The number of hydrogen-bond donors (Lipinski definition) is 0. The zero-order chi connectivity index (χ0) is 34.3. The normalized spacial score (nSPS) is 20.6. The summed E-state index contributed by atoms with van der Waals surface area (Å²) in [6, 6.07) is 0. The van der Waals surface area contributed by atoms with E-state index in [-0.39, 0.29) is 24.1 Å². The zero-order valence-electron chi connectivity index (χ0n) is 31.3. The van der Waals surface area contributed by atoms with Gasteiger partial charge in [-0.1, -0.05) is 141 Å². The van der Waals surface area contributed by atoms with Crippen molar-refractivity contribution in [3.63, 3.8) is 0 Å². The molecule has 0 amide bonds. The van der Waals surface area contributed by atoms with Gasteiger partial charge in [0.1, 0.15) is 12.2 Å². The SMILES string of the molecule is CCCCCCCC/C=C\CCCCCCCC(=O)O[C@H]1CO[C@@H]2[C@H]1OC[C@@H]2OC(=O)CCCCCCC/C=C\CCCCCCCC. The van der Waals surface area contributed by atoms with E-state index in [9.17, 15) is 9.59 Å². The molecule has 0 aromatic carbocycles. The third-order valence-corrected chi connectivity index (χ3v) is 9.81. The molecule has 0 radical (unpaired) electrons. The van der Waals surface area contributed by atoms with Gasteiger partial charge in [-0.25, -0.2) is 0 Å². The zero-order valence-corrected chi connectivity index (χ0v) is 31.3. The highest BCUT2D eigenvalue weighted by atomic mass is 16.7. The van der Waals surface area contributed by atoms with Crippen molar-refractivity contribution in [2.24, 2.45) is 0 Å². The van der Waals surface area contributed by atoms with Crippen molar-refractivity contribution in [3.8, 4) is 0 Å². The largest absolute Gasteiger partial charge is 0.457 e. The van der Waals surface area contributed by atoms with Crippen LogP contribution in [0.4, 0.5) is 0 Å². The summed E-state index contributed by atoms with van der Waals surface area (Å²) in [6.07, 6.45) is 40.8. The van der Waals surface area contributed by atoms with Gasteiger partial charge >= 0.3 is 11.9 Å². The van der Waals surface area contributed by atoms with Crippen molar-refractivity contribution in [3.05, 3.63) is 24.3 Å². The molecular formula is C42H74O6. The highest BCUT2D eigenvalue weighted by Crippen LogP contribution is 2.31. The standard InChI is InChI=1S/C42H74O6/c1-3-5-7-9-11-13-15-17-19-21-23-25-27-29-31-33-39(43)47-37-35-45-42-38(36-46-41(37)42)48-40(44)34-32-30-28-26-24-22-20-18-16-14-12-10-8-6-4-2/h17-20,37-38,41-42H,3-16,21-36H2,1-2H3/b19-17-,20-18-/t37-,38-,41-,42-/m0/s1. The van der Waals surface area contributed by atoms with Crippen molar-refractivity contribution in [1.29, 1.82) is 0 Å². The summed E-state index contributed by atoms with van der Waals surface area (Å²) in [4.78, 5) is 24.9. The maximum atomic E-state index is 12.5. The predicted octanol–water partition coefficient (Wildman–Crippen LogP) is 11.7. The predicted molar refractivity (Wildman–Crippen MR) is 198 cm³/mol. The smallest absolute Gasteiger partial charge is 0.306 e. The molecule has 4 atom stereocenters. The van der Waals surface area contributed by atoms with Gasteiger partial charge in [0.05, 0.1) is 13.2 Å². The fraction of sp³-hybridized carbons (Fsp3) is 0.857. The molecule has 0 bridgehead atoms. The van der Waals surface area contributed by atoms with E-state index in [4.69, 9.17) is 18.9 Å². The molecule has 2 saturated heterocycles. The lowest BCUT2D eigenvalue weighted by Crippen LogP contribution is -2.35. The Balaban J connectivity index is 1.40. The number of ether oxygens (including phenoxy) is 4. The molecule has 2 heterocycles. The minimum atomic E-state index is -0.417.